The highest BCUT2D eigenvalue weighted by atomic mass is 32.1. The normalized spacial score (nSPS) is 12.0. The Hall–Kier alpha value is -1.98. The number of hydrogen-bond acceptors (Lipinski definition) is 4. The summed E-state index contributed by atoms with van der Waals surface area (Å²) in [5.41, 5.74) is 3.11. The van der Waals surface area contributed by atoms with Gasteiger partial charge in [-0.1, -0.05) is 154 Å². The Labute approximate surface area is 319 Å². The molecule has 0 atom stereocenters. The molecule has 0 fully saturated rings. The van der Waals surface area contributed by atoms with Gasteiger partial charge in [0.1, 0.15) is 0 Å². The topological polar surface area (TPSA) is 0 Å². The molecule has 6 aromatic rings. The van der Waals surface area contributed by atoms with Crippen molar-refractivity contribution in [1.82, 2.24) is 0 Å². The molecule has 0 nitrogen and oxygen atoms in total. The lowest BCUT2D eigenvalue weighted by molar-refractivity contribution is 0.556. The van der Waals surface area contributed by atoms with Crippen LogP contribution in [0, 0.1) is 0 Å². The Balaban J connectivity index is 1.06. The standard InChI is InChI=1S/C46H60S4/c1-3-5-7-9-11-13-15-17-19-21-23-35-29-31-47-45(35)41-33-37-25-27-40-39(43(37)49-41)28-26-38-34-42(50-44(38)40)46-36(30-32-48-46)24-22-20-18-16-14-12-10-8-6-4-2/h25-34H,3-24H2,1-2H3. The Morgan fingerprint density at radius 3 is 1.14 bits per heavy atom. The highest BCUT2D eigenvalue weighted by molar-refractivity contribution is 7.27. The van der Waals surface area contributed by atoms with E-state index in [1.807, 2.05) is 45.3 Å². The third-order valence-corrected chi connectivity index (χ3v) is 15.3. The van der Waals surface area contributed by atoms with E-state index >= 15 is 0 Å². The second-order valence-corrected chi connectivity index (χ2v) is 18.6. The SMILES string of the molecule is CCCCCCCCCCCCc1ccsc1-c1cc2ccc3c(ccc4cc(-c5sccc5CCCCCCCCCCCC)sc43)c2s1. The summed E-state index contributed by atoms with van der Waals surface area (Å²) in [6.07, 6.45) is 30.4. The predicted octanol–water partition coefficient (Wildman–Crippen LogP) is 17.7. The van der Waals surface area contributed by atoms with E-state index in [1.54, 1.807) is 11.1 Å². The number of rotatable bonds is 24. The second kappa shape index (κ2) is 20.3. The summed E-state index contributed by atoms with van der Waals surface area (Å²) in [7, 11) is 0. The first-order chi connectivity index (χ1) is 24.8. The number of hydrogen-bond donors (Lipinski definition) is 0. The number of thiophene rings is 4. The highest BCUT2D eigenvalue weighted by Crippen LogP contribution is 2.46. The van der Waals surface area contributed by atoms with Crippen molar-refractivity contribution in [3.63, 3.8) is 0 Å². The van der Waals surface area contributed by atoms with Crippen LogP contribution in [0.1, 0.15) is 153 Å². The lowest BCUT2D eigenvalue weighted by Crippen LogP contribution is -1.86. The summed E-state index contributed by atoms with van der Waals surface area (Å²) in [6, 6.07) is 19.3. The molecule has 6 rings (SSSR count). The summed E-state index contributed by atoms with van der Waals surface area (Å²) in [5.74, 6) is 0. The number of benzene rings is 2. The average molecular weight is 741 g/mol. The minimum Gasteiger partial charge on any atom is -0.143 e. The van der Waals surface area contributed by atoms with Crippen molar-refractivity contribution < 1.29 is 0 Å². The third kappa shape index (κ3) is 10.1. The molecule has 0 aliphatic rings. The van der Waals surface area contributed by atoms with E-state index in [4.69, 9.17) is 0 Å². The van der Waals surface area contributed by atoms with E-state index < -0.39 is 0 Å². The van der Waals surface area contributed by atoms with Gasteiger partial charge in [0.15, 0.2) is 0 Å². The van der Waals surface area contributed by atoms with Crippen LogP contribution in [0.3, 0.4) is 0 Å². The van der Waals surface area contributed by atoms with Gasteiger partial charge in [-0.3, -0.25) is 0 Å². The maximum absolute atomic E-state index is 2.46. The molecule has 0 spiro atoms. The molecule has 0 N–H and O–H groups in total. The molecule has 50 heavy (non-hydrogen) atoms. The van der Waals surface area contributed by atoms with Crippen LogP contribution in [0.5, 0.6) is 0 Å². The molecular weight excluding hydrogens is 681 g/mol. The fraction of sp³-hybridized carbons (Fsp3) is 0.522. The molecule has 4 heterocycles. The van der Waals surface area contributed by atoms with Crippen LogP contribution in [0.2, 0.25) is 0 Å². The maximum Gasteiger partial charge on any atom is 0.0474 e. The van der Waals surface area contributed by atoms with Gasteiger partial charge in [-0.15, -0.1) is 45.3 Å². The van der Waals surface area contributed by atoms with Gasteiger partial charge < -0.3 is 0 Å². The predicted molar refractivity (Wildman–Crippen MR) is 232 cm³/mol. The summed E-state index contributed by atoms with van der Waals surface area (Å²) >= 11 is 7.89. The van der Waals surface area contributed by atoms with Gasteiger partial charge in [-0.2, -0.15) is 0 Å². The van der Waals surface area contributed by atoms with Crippen molar-refractivity contribution in [1.29, 1.82) is 0 Å². The summed E-state index contributed by atoms with van der Waals surface area (Å²) in [5, 5.41) is 10.3. The minimum absolute atomic E-state index is 1.22. The molecule has 0 aliphatic carbocycles. The smallest absolute Gasteiger partial charge is 0.0474 e. The zero-order chi connectivity index (χ0) is 34.4. The third-order valence-electron chi connectivity index (χ3n) is 10.7. The summed E-state index contributed by atoms with van der Waals surface area (Å²) < 4.78 is 2.90. The zero-order valence-corrected chi connectivity index (χ0v) is 34.2. The molecule has 2 aromatic carbocycles. The quantitative estimate of drug-likeness (QED) is 0.0542. The van der Waals surface area contributed by atoms with Crippen LogP contribution in [-0.4, -0.2) is 0 Å². The van der Waals surface area contributed by atoms with Gasteiger partial charge in [-0.05, 0) is 82.6 Å². The minimum atomic E-state index is 1.22. The summed E-state index contributed by atoms with van der Waals surface area (Å²) in [4.78, 5) is 5.91. The van der Waals surface area contributed by atoms with Crippen molar-refractivity contribution in [2.45, 2.75) is 155 Å². The van der Waals surface area contributed by atoms with E-state index in [0.29, 0.717) is 0 Å². The number of unbranched alkanes of at least 4 members (excludes halogenated alkanes) is 18. The van der Waals surface area contributed by atoms with Gasteiger partial charge >= 0.3 is 0 Å². The van der Waals surface area contributed by atoms with E-state index in [9.17, 15) is 0 Å². The fourth-order valence-electron chi connectivity index (χ4n) is 7.73. The molecule has 0 aliphatic heterocycles. The van der Waals surface area contributed by atoms with Gasteiger partial charge in [0.2, 0.25) is 0 Å². The molecule has 0 unspecified atom stereocenters. The van der Waals surface area contributed by atoms with Crippen LogP contribution in [0.15, 0.2) is 59.3 Å². The lowest BCUT2D eigenvalue weighted by atomic mass is 10.0. The van der Waals surface area contributed by atoms with E-state index in [-0.39, 0.29) is 0 Å². The Bertz CT molecular complexity index is 1720. The van der Waals surface area contributed by atoms with E-state index in [2.05, 4.69) is 73.1 Å². The Kier molecular flexibility index (Phi) is 15.3. The van der Waals surface area contributed by atoms with Gasteiger partial charge in [0, 0.05) is 39.7 Å². The molecule has 268 valence electrons. The van der Waals surface area contributed by atoms with Crippen molar-refractivity contribution in [3.05, 3.63) is 70.4 Å². The first-order valence-electron chi connectivity index (χ1n) is 20.3. The van der Waals surface area contributed by atoms with Gasteiger partial charge in [0.05, 0.1) is 0 Å². The molecule has 4 aromatic heterocycles. The number of aryl methyl sites for hydroxylation is 2. The highest BCUT2D eigenvalue weighted by Gasteiger charge is 2.16. The van der Waals surface area contributed by atoms with Crippen LogP contribution in [0.25, 0.3) is 50.5 Å². The first kappa shape index (κ1) is 37.8. The molecule has 0 amide bonds. The lowest BCUT2D eigenvalue weighted by Gasteiger charge is -2.04. The monoisotopic (exact) mass is 740 g/mol. The van der Waals surface area contributed by atoms with Crippen LogP contribution >= 0.6 is 45.3 Å². The molecule has 4 heteroatoms. The van der Waals surface area contributed by atoms with E-state index in [0.717, 1.165) is 0 Å². The largest absolute Gasteiger partial charge is 0.143 e. The average Bonchev–Trinajstić information content (AvgIpc) is 3.95. The first-order valence-corrected chi connectivity index (χ1v) is 23.7. The van der Waals surface area contributed by atoms with Crippen LogP contribution in [-0.2, 0) is 12.8 Å². The van der Waals surface area contributed by atoms with Crippen molar-refractivity contribution >= 4 is 76.3 Å². The number of fused-ring (bicyclic) bond motifs is 5. The van der Waals surface area contributed by atoms with Crippen molar-refractivity contribution in [2.75, 3.05) is 0 Å². The maximum atomic E-state index is 2.46. The van der Waals surface area contributed by atoms with Crippen LogP contribution in [0.4, 0.5) is 0 Å². The van der Waals surface area contributed by atoms with Crippen LogP contribution < -0.4 is 0 Å². The Morgan fingerprint density at radius 1 is 0.400 bits per heavy atom. The molecule has 0 radical (unpaired) electrons. The van der Waals surface area contributed by atoms with Crippen molar-refractivity contribution in [2.24, 2.45) is 0 Å². The molecular formula is C46H60S4. The van der Waals surface area contributed by atoms with Crippen molar-refractivity contribution in [3.8, 4) is 19.5 Å². The van der Waals surface area contributed by atoms with Gasteiger partial charge in [0.25, 0.3) is 0 Å². The van der Waals surface area contributed by atoms with E-state index in [1.165, 1.54) is 192 Å². The molecule has 0 bridgehead atoms. The second-order valence-electron chi connectivity index (χ2n) is 14.7. The fourth-order valence-corrected chi connectivity index (χ4v) is 12.3. The van der Waals surface area contributed by atoms with Gasteiger partial charge in [-0.25, -0.2) is 0 Å². The molecule has 0 saturated heterocycles. The zero-order valence-electron chi connectivity index (χ0n) is 31.0. The Morgan fingerprint density at radius 2 is 0.760 bits per heavy atom. The molecule has 0 saturated carbocycles. The summed E-state index contributed by atoms with van der Waals surface area (Å²) in [6.45, 7) is 4.61.